The lowest BCUT2D eigenvalue weighted by atomic mass is 10.00. The molecule has 4 rings (SSSR count). The number of nitrogens with one attached hydrogen (secondary N) is 6. The predicted molar refractivity (Wildman–Crippen MR) is 235 cm³/mol. The van der Waals surface area contributed by atoms with Crippen molar-refractivity contribution in [2.75, 3.05) is 13.1 Å². The minimum atomic E-state index is -1.29. The minimum Gasteiger partial charge on any atom is -0.508 e. The molecule has 2 heterocycles. The second kappa shape index (κ2) is 24.0. The van der Waals surface area contributed by atoms with E-state index in [0.29, 0.717) is 29.7 Å². The molecule has 21 nitrogen and oxygen atoms in total. The molecule has 1 fully saturated rings. The fraction of sp³-hybridized carbons (Fsp3) is 0.465. The van der Waals surface area contributed by atoms with E-state index in [1.165, 1.54) is 36.5 Å². The fourth-order valence-electron chi connectivity index (χ4n) is 7.10. The number of H-pyrrole nitrogens is 1. The van der Waals surface area contributed by atoms with Crippen molar-refractivity contribution in [2.24, 2.45) is 28.1 Å². The van der Waals surface area contributed by atoms with E-state index in [-0.39, 0.29) is 56.9 Å². The number of rotatable bonds is 23. The van der Waals surface area contributed by atoms with Gasteiger partial charge in [0.05, 0.1) is 12.4 Å². The van der Waals surface area contributed by atoms with Crippen LogP contribution < -0.4 is 43.8 Å². The van der Waals surface area contributed by atoms with Crippen LogP contribution in [-0.4, -0.2) is 128 Å². The van der Waals surface area contributed by atoms with Gasteiger partial charge in [0.15, 0.2) is 5.96 Å². The Kier molecular flexibility index (Phi) is 18.6. The molecule has 0 aliphatic carbocycles. The van der Waals surface area contributed by atoms with E-state index in [0.717, 1.165) is 0 Å². The van der Waals surface area contributed by atoms with Crippen LogP contribution in [0.15, 0.2) is 72.1 Å². The number of hydrogen-bond donors (Lipinski definition) is 11. The molecule has 0 saturated carbocycles. The number of phenols is 1. The average Bonchev–Trinajstić information content (AvgIpc) is 3.97. The molecule has 1 saturated heterocycles. The highest BCUT2D eigenvalue weighted by Crippen LogP contribution is 2.21. The first-order valence-corrected chi connectivity index (χ1v) is 21.1. The summed E-state index contributed by atoms with van der Waals surface area (Å²) >= 11 is 0. The molecule has 1 aliphatic heterocycles. The number of imidazole rings is 1. The molecule has 3 aromatic rings. The lowest BCUT2D eigenvalue weighted by Gasteiger charge is -2.30. The number of carbonyl (C=O) groups is 7. The third kappa shape index (κ3) is 15.1. The van der Waals surface area contributed by atoms with E-state index < -0.39 is 89.6 Å². The second-order valence-electron chi connectivity index (χ2n) is 16.1. The summed E-state index contributed by atoms with van der Waals surface area (Å²) < 4.78 is 0. The number of aliphatic carboxylic acids is 1. The number of amides is 6. The molecular formula is C43H60N12O9. The molecule has 0 unspecified atom stereocenters. The van der Waals surface area contributed by atoms with Crippen molar-refractivity contribution >= 4 is 47.4 Å². The van der Waals surface area contributed by atoms with Crippen LogP contribution in [0.5, 0.6) is 5.75 Å². The predicted octanol–water partition coefficient (Wildman–Crippen LogP) is -1.30. The molecule has 6 amide bonds. The van der Waals surface area contributed by atoms with Gasteiger partial charge in [-0.15, -0.1) is 0 Å². The molecule has 7 atom stereocenters. The zero-order valence-corrected chi connectivity index (χ0v) is 36.2. The number of nitrogens with two attached hydrogens (primary N) is 3. The molecule has 0 spiro atoms. The first kappa shape index (κ1) is 49.6. The Morgan fingerprint density at radius 1 is 0.812 bits per heavy atom. The average molecular weight is 889 g/mol. The van der Waals surface area contributed by atoms with Gasteiger partial charge in [-0.2, -0.15) is 0 Å². The van der Waals surface area contributed by atoms with Crippen molar-refractivity contribution in [3.63, 3.8) is 0 Å². The molecule has 21 heteroatoms. The topological polar surface area (TPSA) is 342 Å². The number of guanidine groups is 1. The van der Waals surface area contributed by atoms with Gasteiger partial charge in [-0.05, 0) is 61.8 Å². The Labute approximate surface area is 370 Å². The maximum Gasteiger partial charge on any atom is 0.326 e. The van der Waals surface area contributed by atoms with Gasteiger partial charge in [0.25, 0.3) is 0 Å². The Morgan fingerprint density at radius 3 is 2.09 bits per heavy atom. The monoisotopic (exact) mass is 888 g/mol. The maximum atomic E-state index is 14.2. The zero-order valence-electron chi connectivity index (χ0n) is 36.2. The fourth-order valence-corrected chi connectivity index (χ4v) is 7.10. The lowest BCUT2D eigenvalue weighted by molar-refractivity contribution is -0.145. The largest absolute Gasteiger partial charge is 0.508 e. The van der Waals surface area contributed by atoms with Crippen LogP contribution in [0.4, 0.5) is 0 Å². The summed E-state index contributed by atoms with van der Waals surface area (Å²) in [5, 5.41) is 33.0. The highest BCUT2D eigenvalue weighted by Gasteiger charge is 2.40. The molecular weight excluding hydrogens is 829 g/mol. The third-order valence-electron chi connectivity index (χ3n) is 10.6. The van der Waals surface area contributed by atoms with Crippen LogP contribution >= 0.6 is 0 Å². The van der Waals surface area contributed by atoms with E-state index in [2.05, 4.69) is 41.5 Å². The van der Waals surface area contributed by atoms with E-state index >= 15 is 0 Å². The number of carboxylic acids is 1. The van der Waals surface area contributed by atoms with Crippen LogP contribution in [0, 0.1) is 5.92 Å². The van der Waals surface area contributed by atoms with Crippen LogP contribution in [-0.2, 0) is 52.8 Å². The minimum absolute atomic E-state index is 0.0241. The first-order chi connectivity index (χ1) is 30.4. The number of carboxylic acid groups (broad SMARTS) is 1. The highest BCUT2D eigenvalue weighted by molar-refractivity contribution is 5.97. The van der Waals surface area contributed by atoms with Crippen LogP contribution in [0.1, 0.15) is 63.3 Å². The Balaban J connectivity index is 1.47. The summed E-state index contributed by atoms with van der Waals surface area (Å²) in [6.45, 7) is 5.21. The number of hydrogen-bond acceptors (Lipinski definition) is 11. The quantitative estimate of drug-likeness (QED) is 0.0300. The van der Waals surface area contributed by atoms with Crippen molar-refractivity contribution in [1.29, 1.82) is 0 Å². The number of aromatic nitrogens is 2. The standard InChI is InChI=1S/C43H60N12O9/c1-24(2)35(54-37(58)30(44)11-7-17-48-43(45)46)40(61)51-31(19-27-13-15-29(56)16-14-27)38(59)50-25(3)36(57)52-32(21-28-22-47-23-49-28)41(62)55-18-8-12-34(55)39(60)53-33(42(63)64)20-26-9-5-4-6-10-26/h4-6,9-10,13-16,22-25,30-35,56H,7-8,11-12,17-21,44H2,1-3H3,(H,47,49)(H,50,59)(H,51,61)(H,52,57)(H,53,60)(H,54,58)(H,63,64)(H4,45,46,48)/t25-,30-,31-,32-,33-,34-,35-/m0/s1. The lowest BCUT2D eigenvalue weighted by Crippen LogP contribution is -2.60. The van der Waals surface area contributed by atoms with Crippen molar-refractivity contribution in [2.45, 2.75) is 108 Å². The molecule has 1 aromatic heterocycles. The molecule has 64 heavy (non-hydrogen) atoms. The van der Waals surface area contributed by atoms with Gasteiger partial charge >= 0.3 is 5.97 Å². The summed E-state index contributed by atoms with van der Waals surface area (Å²) in [5.74, 6) is -5.90. The summed E-state index contributed by atoms with van der Waals surface area (Å²) in [6, 6.07) is 6.56. The van der Waals surface area contributed by atoms with E-state index in [9.17, 15) is 43.8 Å². The molecule has 0 radical (unpaired) electrons. The SMILES string of the molecule is CC(C)[C@H](NC(=O)[C@@H](N)CCCN=C(N)N)C(=O)N[C@@H](Cc1ccc(O)cc1)C(=O)N[C@@H](C)C(=O)N[C@@H](Cc1cnc[nH]1)C(=O)N1CCC[C@H]1C(=O)N[C@@H](Cc1ccccc1)C(=O)O. The highest BCUT2D eigenvalue weighted by atomic mass is 16.4. The molecule has 346 valence electrons. The third-order valence-corrected chi connectivity index (χ3v) is 10.6. The second-order valence-corrected chi connectivity index (χ2v) is 16.1. The van der Waals surface area contributed by atoms with Gasteiger partial charge in [0.2, 0.25) is 35.4 Å². The number of benzene rings is 2. The summed E-state index contributed by atoms with van der Waals surface area (Å²) in [7, 11) is 0. The first-order valence-electron chi connectivity index (χ1n) is 21.1. The normalized spacial score (nSPS) is 16.3. The van der Waals surface area contributed by atoms with Gasteiger partial charge in [0.1, 0.15) is 42.0 Å². The van der Waals surface area contributed by atoms with Gasteiger partial charge in [-0.25, -0.2) is 9.78 Å². The Hall–Kier alpha value is -7.03. The van der Waals surface area contributed by atoms with E-state index in [1.807, 2.05) is 0 Å². The van der Waals surface area contributed by atoms with Gasteiger partial charge in [0, 0.05) is 44.2 Å². The molecule has 1 aliphatic rings. The summed E-state index contributed by atoms with van der Waals surface area (Å²) in [4.78, 5) is 107. The van der Waals surface area contributed by atoms with Gasteiger partial charge in [-0.1, -0.05) is 56.3 Å². The molecule has 0 bridgehead atoms. The molecule has 2 aromatic carbocycles. The summed E-state index contributed by atoms with van der Waals surface area (Å²) in [5.41, 5.74) is 18.5. The number of likely N-dealkylation sites (tertiary alicyclic amines) is 1. The zero-order chi connectivity index (χ0) is 46.9. The number of aromatic hydroxyl groups is 1. The number of carbonyl (C=O) groups excluding carboxylic acids is 6. The van der Waals surface area contributed by atoms with Crippen molar-refractivity contribution < 1.29 is 43.8 Å². The van der Waals surface area contributed by atoms with Crippen LogP contribution in [0.25, 0.3) is 0 Å². The number of nitrogens with zero attached hydrogens (tertiary/aromatic N) is 3. The Morgan fingerprint density at radius 2 is 1.47 bits per heavy atom. The van der Waals surface area contributed by atoms with Crippen molar-refractivity contribution in [3.8, 4) is 5.75 Å². The van der Waals surface area contributed by atoms with E-state index in [1.54, 1.807) is 56.3 Å². The van der Waals surface area contributed by atoms with Crippen LogP contribution in [0.2, 0.25) is 0 Å². The van der Waals surface area contributed by atoms with Gasteiger partial charge < -0.3 is 63.9 Å². The van der Waals surface area contributed by atoms with Gasteiger partial charge in [-0.3, -0.25) is 33.8 Å². The van der Waals surface area contributed by atoms with Crippen molar-refractivity contribution in [1.82, 2.24) is 41.5 Å². The molecule has 14 N–H and O–H groups in total. The Bertz CT molecular complexity index is 2080. The van der Waals surface area contributed by atoms with Crippen molar-refractivity contribution in [3.05, 3.63) is 83.9 Å². The van der Waals surface area contributed by atoms with Crippen LogP contribution in [0.3, 0.4) is 0 Å². The van der Waals surface area contributed by atoms with E-state index in [4.69, 9.17) is 17.2 Å². The number of aliphatic imine (C=N–C) groups is 1. The maximum absolute atomic E-state index is 14.2. The smallest absolute Gasteiger partial charge is 0.326 e. The summed E-state index contributed by atoms with van der Waals surface area (Å²) in [6.07, 6.45) is 4.09. The number of aromatic amines is 1. The number of phenolic OH excluding ortho intramolecular Hbond substituents is 1.